The lowest BCUT2D eigenvalue weighted by Gasteiger charge is -2.22. The molecule has 0 aliphatic carbocycles. The van der Waals surface area contributed by atoms with E-state index in [-0.39, 0.29) is 36.0 Å². The maximum atomic E-state index is 12.7. The van der Waals surface area contributed by atoms with Gasteiger partial charge in [0.05, 0.1) is 26.9 Å². The minimum Gasteiger partial charge on any atom is -0.457 e. The number of nitrogens with zero attached hydrogens (tertiary/aromatic N) is 1. The molecular weight excluding hydrogens is 410 g/mol. The van der Waals surface area contributed by atoms with Crippen molar-refractivity contribution in [2.24, 2.45) is 0 Å². The Morgan fingerprint density at radius 2 is 1.90 bits per heavy atom. The summed E-state index contributed by atoms with van der Waals surface area (Å²) in [5.74, 6) is 0.0271. The summed E-state index contributed by atoms with van der Waals surface area (Å²) in [5.41, 5.74) is 1.73. The molecule has 168 valence electrons. The predicted octanol–water partition coefficient (Wildman–Crippen LogP) is 6.22. The standard InChI is InChI=1S/C25H33NO4S/c1-3-25-16-21(18-13-14-22-20(15-18)26-17(2)31-22)29-24(28)12-8-10-19(27)9-6-4-5-7-11-23(25)30-25/h13-15,21,23H,3-12,16H2,1-2H3. The van der Waals surface area contributed by atoms with Crippen LogP contribution in [0.2, 0.25) is 0 Å². The molecule has 2 aliphatic rings. The van der Waals surface area contributed by atoms with Crippen LogP contribution >= 0.6 is 11.3 Å². The van der Waals surface area contributed by atoms with Gasteiger partial charge in [-0.05, 0) is 50.3 Å². The molecule has 3 unspecified atom stereocenters. The van der Waals surface area contributed by atoms with Crippen LogP contribution in [0.4, 0.5) is 0 Å². The van der Waals surface area contributed by atoms with E-state index in [0.717, 1.165) is 59.3 Å². The predicted molar refractivity (Wildman–Crippen MR) is 122 cm³/mol. The molecule has 0 N–H and O–H groups in total. The smallest absolute Gasteiger partial charge is 0.306 e. The van der Waals surface area contributed by atoms with Gasteiger partial charge in [0.25, 0.3) is 0 Å². The number of benzene rings is 1. The van der Waals surface area contributed by atoms with Gasteiger partial charge >= 0.3 is 5.97 Å². The highest BCUT2D eigenvalue weighted by molar-refractivity contribution is 7.18. The lowest BCUT2D eigenvalue weighted by molar-refractivity contribution is -0.150. The second-order valence-electron chi connectivity index (χ2n) is 9.01. The van der Waals surface area contributed by atoms with Gasteiger partial charge in [0.1, 0.15) is 11.9 Å². The molecule has 0 radical (unpaired) electrons. The number of carbonyl (C=O) groups excluding carboxylic acids is 2. The number of ether oxygens (including phenoxy) is 2. The number of ketones is 1. The average molecular weight is 444 g/mol. The second-order valence-corrected chi connectivity index (χ2v) is 10.2. The summed E-state index contributed by atoms with van der Waals surface area (Å²) in [5, 5.41) is 1.03. The largest absolute Gasteiger partial charge is 0.457 e. The van der Waals surface area contributed by atoms with Crippen LogP contribution in [0.5, 0.6) is 0 Å². The van der Waals surface area contributed by atoms with E-state index < -0.39 is 0 Å². The van der Waals surface area contributed by atoms with E-state index in [2.05, 4.69) is 30.1 Å². The van der Waals surface area contributed by atoms with Gasteiger partial charge in [-0.25, -0.2) is 4.98 Å². The SMILES string of the molecule is CCC12CC(c3ccc4sc(C)nc4c3)OC(=O)CCCC(=O)CCCCCCC1O2. The summed E-state index contributed by atoms with van der Waals surface area (Å²) in [6.45, 7) is 4.17. The molecule has 1 aromatic heterocycles. The van der Waals surface area contributed by atoms with E-state index in [1.165, 1.54) is 0 Å². The van der Waals surface area contributed by atoms with Crippen molar-refractivity contribution in [2.75, 3.05) is 0 Å². The zero-order valence-electron chi connectivity index (χ0n) is 18.7. The van der Waals surface area contributed by atoms with E-state index in [9.17, 15) is 9.59 Å². The van der Waals surface area contributed by atoms with Crippen LogP contribution in [-0.2, 0) is 19.1 Å². The first-order chi connectivity index (χ1) is 15.0. The number of hydrogen-bond donors (Lipinski definition) is 0. The minimum absolute atomic E-state index is 0.203. The number of fused-ring (bicyclic) bond motifs is 2. The van der Waals surface area contributed by atoms with Crippen LogP contribution in [-0.4, -0.2) is 28.4 Å². The molecule has 3 atom stereocenters. The lowest BCUT2D eigenvalue weighted by Crippen LogP contribution is -2.22. The quantitative estimate of drug-likeness (QED) is 0.407. The fraction of sp³-hybridized carbons (Fsp3) is 0.640. The van der Waals surface area contributed by atoms with Gasteiger partial charge in [0, 0.05) is 25.7 Å². The number of cyclic esters (lactones) is 1. The minimum atomic E-state index is -0.354. The molecule has 0 spiro atoms. The van der Waals surface area contributed by atoms with Gasteiger partial charge in [0.15, 0.2) is 0 Å². The molecule has 2 aliphatic heterocycles. The van der Waals surface area contributed by atoms with E-state index >= 15 is 0 Å². The van der Waals surface area contributed by atoms with Gasteiger partial charge in [-0.15, -0.1) is 11.3 Å². The Hall–Kier alpha value is -1.79. The zero-order valence-corrected chi connectivity index (χ0v) is 19.5. The monoisotopic (exact) mass is 443 g/mol. The van der Waals surface area contributed by atoms with Crippen molar-refractivity contribution in [3.05, 3.63) is 28.8 Å². The van der Waals surface area contributed by atoms with Gasteiger partial charge in [-0.3, -0.25) is 9.59 Å². The Bertz CT molecular complexity index is 939. The molecular formula is C25H33NO4S. The molecule has 4 rings (SSSR count). The number of hydrogen-bond acceptors (Lipinski definition) is 6. The molecule has 5 nitrogen and oxygen atoms in total. The van der Waals surface area contributed by atoms with Crippen molar-refractivity contribution < 1.29 is 19.1 Å². The third kappa shape index (κ3) is 5.53. The van der Waals surface area contributed by atoms with Crippen molar-refractivity contribution in [3.63, 3.8) is 0 Å². The molecule has 0 amide bonds. The molecule has 2 aromatic rings. The van der Waals surface area contributed by atoms with Crippen LogP contribution in [0.3, 0.4) is 0 Å². The summed E-state index contributed by atoms with van der Waals surface area (Å²) in [7, 11) is 0. The Kier molecular flexibility index (Phi) is 7.07. The number of carbonyl (C=O) groups is 2. The molecule has 2 saturated heterocycles. The van der Waals surface area contributed by atoms with Crippen LogP contribution in [0, 0.1) is 6.92 Å². The Labute approximate surface area is 188 Å². The molecule has 3 heterocycles. The van der Waals surface area contributed by atoms with E-state index in [0.29, 0.717) is 25.7 Å². The zero-order chi connectivity index (χ0) is 21.8. The molecule has 2 fully saturated rings. The maximum absolute atomic E-state index is 12.7. The highest BCUT2D eigenvalue weighted by Gasteiger charge is 2.55. The molecule has 1 aromatic carbocycles. The first-order valence-corrected chi connectivity index (χ1v) is 12.6. The first kappa shape index (κ1) is 22.4. The van der Waals surface area contributed by atoms with E-state index in [4.69, 9.17) is 9.47 Å². The number of aryl methyl sites for hydroxylation is 1. The Morgan fingerprint density at radius 3 is 2.74 bits per heavy atom. The van der Waals surface area contributed by atoms with Crippen molar-refractivity contribution in [1.82, 2.24) is 4.98 Å². The van der Waals surface area contributed by atoms with E-state index in [1.807, 2.05) is 6.92 Å². The molecule has 0 bridgehead atoms. The maximum Gasteiger partial charge on any atom is 0.306 e. The van der Waals surface area contributed by atoms with Gasteiger partial charge in [0.2, 0.25) is 0 Å². The lowest BCUT2D eigenvalue weighted by atomic mass is 9.89. The number of epoxide rings is 1. The molecule has 6 heteroatoms. The summed E-state index contributed by atoms with van der Waals surface area (Å²) in [6, 6.07) is 6.19. The van der Waals surface area contributed by atoms with Crippen molar-refractivity contribution in [1.29, 1.82) is 0 Å². The van der Waals surface area contributed by atoms with Gasteiger partial charge in [-0.2, -0.15) is 0 Å². The number of esters is 1. The number of rotatable bonds is 2. The van der Waals surface area contributed by atoms with Gasteiger partial charge in [-0.1, -0.05) is 32.3 Å². The van der Waals surface area contributed by atoms with Gasteiger partial charge < -0.3 is 9.47 Å². The molecule has 31 heavy (non-hydrogen) atoms. The number of aromatic nitrogens is 1. The normalized spacial score (nSPS) is 28.8. The molecule has 0 saturated carbocycles. The fourth-order valence-electron chi connectivity index (χ4n) is 4.79. The number of Topliss-reactive ketones (excluding diaryl/α,β-unsaturated/α-hetero) is 1. The third-order valence-electron chi connectivity index (χ3n) is 6.71. The van der Waals surface area contributed by atoms with Crippen LogP contribution in [0.25, 0.3) is 10.2 Å². The van der Waals surface area contributed by atoms with Crippen LogP contribution in [0.1, 0.15) is 94.2 Å². The average Bonchev–Trinajstić information content (AvgIpc) is 3.29. The number of thiazole rings is 1. The fourth-order valence-corrected chi connectivity index (χ4v) is 5.59. The Balaban J connectivity index is 1.55. The summed E-state index contributed by atoms with van der Waals surface area (Å²) < 4.78 is 13.4. The summed E-state index contributed by atoms with van der Waals surface area (Å²) >= 11 is 1.67. The van der Waals surface area contributed by atoms with Crippen LogP contribution < -0.4 is 0 Å². The highest BCUT2D eigenvalue weighted by Crippen LogP contribution is 2.49. The van der Waals surface area contributed by atoms with Crippen molar-refractivity contribution in [3.8, 4) is 0 Å². The van der Waals surface area contributed by atoms with E-state index in [1.54, 1.807) is 11.3 Å². The topological polar surface area (TPSA) is 68.8 Å². The van der Waals surface area contributed by atoms with Crippen molar-refractivity contribution >= 4 is 33.3 Å². The highest BCUT2D eigenvalue weighted by atomic mass is 32.1. The van der Waals surface area contributed by atoms with Crippen molar-refractivity contribution in [2.45, 2.75) is 102 Å². The summed E-state index contributed by atoms with van der Waals surface area (Å²) in [6.07, 6.45) is 8.75. The third-order valence-corrected chi connectivity index (χ3v) is 7.66. The van der Waals surface area contributed by atoms with Crippen LogP contribution in [0.15, 0.2) is 18.2 Å². The summed E-state index contributed by atoms with van der Waals surface area (Å²) in [4.78, 5) is 29.3. The first-order valence-electron chi connectivity index (χ1n) is 11.8. The second kappa shape index (κ2) is 9.78. The Morgan fingerprint density at radius 1 is 1.10 bits per heavy atom.